The van der Waals surface area contributed by atoms with Gasteiger partial charge in [0.2, 0.25) is 5.91 Å². The van der Waals surface area contributed by atoms with Gasteiger partial charge in [0.05, 0.1) is 12.1 Å². The largest absolute Gasteiger partial charge is 0.390 e. The highest BCUT2D eigenvalue weighted by molar-refractivity contribution is 5.82. The van der Waals surface area contributed by atoms with Gasteiger partial charge >= 0.3 is 0 Å². The third-order valence-electron chi connectivity index (χ3n) is 4.19. The van der Waals surface area contributed by atoms with Gasteiger partial charge in [0.15, 0.2) is 0 Å². The van der Waals surface area contributed by atoms with Crippen LogP contribution in [0.5, 0.6) is 0 Å². The standard InChI is InChI=1S/C12H22N2O2/c1-12(5-3-4-6-12)11(16)14(2)9-7-13-8-10(9)15/h9-10,13,15H,3-8H2,1-2H3/t9-,10-/m1/s1. The maximum Gasteiger partial charge on any atom is 0.228 e. The van der Waals surface area contributed by atoms with Gasteiger partial charge < -0.3 is 15.3 Å². The maximum absolute atomic E-state index is 12.4. The molecule has 0 spiro atoms. The molecule has 1 aliphatic carbocycles. The number of hydrogen-bond acceptors (Lipinski definition) is 3. The molecular weight excluding hydrogens is 204 g/mol. The zero-order valence-electron chi connectivity index (χ0n) is 10.2. The van der Waals surface area contributed by atoms with Crippen molar-refractivity contribution in [3.63, 3.8) is 0 Å². The second-order valence-electron chi connectivity index (χ2n) is 5.48. The molecule has 2 N–H and O–H groups in total. The van der Waals surface area contributed by atoms with E-state index < -0.39 is 6.10 Å². The zero-order chi connectivity index (χ0) is 11.8. The Kier molecular flexibility index (Phi) is 3.22. The molecule has 2 rings (SSSR count). The van der Waals surface area contributed by atoms with Crippen LogP contribution in [0.4, 0.5) is 0 Å². The molecule has 1 heterocycles. The highest BCUT2D eigenvalue weighted by atomic mass is 16.3. The van der Waals surface area contributed by atoms with Crippen LogP contribution in [0, 0.1) is 5.41 Å². The van der Waals surface area contributed by atoms with Gasteiger partial charge in [-0.3, -0.25) is 4.79 Å². The predicted octanol–water partition coefficient (Wildman–Crippen LogP) is 0.358. The van der Waals surface area contributed by atoms with E-state index in [1.807, 2.05) is 7.05 Å². The fourth-order valence-electron chi connectivity index (χ4n) is 2.99. The van der Waals surface area contributed by atoms with E-state index in [0.29, 0.717) is 13.1 Å². The summed E-state index contributed by atoms with van der Waals surface area (Å²) in [5.74, 6) is 0.206. The van der Waals surface area contributed by atoms with Crippen molar-refractivity contribution >= 4 is 5.91 Å². The third-order valence-corrected chi connectivity index (χ3v) is 4.19. The summed E-state index contributed by atoms with van der Waals surface area (Å²) >= 11 is 0. The number of amides is 1. The summed E-state index contributed by atoms with van der Waals surface area (Å²) in [4.78, 5) is 14.1. The Balaban J connectivity index is 2.03. The Bertz CT molecular complexity index is 274. The molecule has 0 unspecified atom stereocenters. The summed E-state index contributed by atoms with van der Waals surface area (Å²) in [6, 6.07) is -0.0510. The van der Waals surface area contributed by atoms with Gasteiger partial charge in [-0.2, -0.15) is 0 Å². The number of carbonyl (C=O) groups excluding carboxylic acids is 1. The molecular formula is C12H22N2O2. The lowest BCUT2D eigenvalue weighted by atomic mass is 9.86. The van der Waals surface area contributed by atoms with Crippen LogP contribution in [0.3, 0.4) is 0 Å². The van der Waals surface area contributed by atoms with Crippen molar-refractivity contribution < 1.29 is 9.90 Å². The number of aliphatic hydroxyl groups excluding tert-OH is 1. The summed E-state index contributed by atoms with van der Waals surface area (Å²) in [6.07, 6.45) is 3.88. The summed E-state index contributed by atoms with van der Waals surface area (Å²) in [5.41, 5.74) is -0.183. The number of rotatable bonds is 2. The first-order chi connectivity index (χ1) is 7.54. The second kappa shape index (κ2) is 4.34. The van der Waals surface area contributed by atoms with Crippen LogP contribution in [-0.4, -0.2) is 48.2 Å². The maximum atomic E-state index is 12.4. The van der Waals surface area contributed by atoms with Crippen molar-refractivity contribution in [3.05, 3.63) is 0 Å². The van der Waals surface area contributed by atoms with E-state index in [1.165, 1.54) is 0 Å². The van der Waals surface area contributed by atoms with Gasteiger partial charge in [-0.25, -0.2) is 0 Å². The summed E-state index contributed by atoms with van der Waals surface area (Å²) in [7, 11) is 1.83. The third kappa shape index (κ3) is 1.96. The minimum atomic E-state index is -0.418. The smallest absolute Gasteiger partial charge is 0.228 e. The van der Waals surface area contributed by atoms with E-state index in [0.717, 1.165) is 25.7 Å². The quantitative estimate of drug-likeness (QED) is 0.715. The van der Waals surface area contributed by atoms with Crippen LogP contribution < -0.4 is 5.32 Å². The topological polar surface area (TPSA) is 52.6 Å². The van der Waals surface area contributed by atoms with Gasteiger partial charge in [0.25, 0.3) is 0 Å². The molecule has 92 valence electrons. The molecule has 4 nitrogen and oxygen atoms in total. The average Bonchev–Trinajstić information content (AvgIpc) is 2.86. The van der Waals surface area contributed by atoms with Crippen LogP contribution in [0.25, 0.3) is 0 Å². The molecule has 1 amide bonds. The number of aliphatic hydroxyl groups is 1. The van der Waals surface area contributed by atoms with Gasteiger partial charge in [0.1, 0.15) is 0 Å². The van der Waals surface area contributed by atoms with Gasteiger partial charge in [-0.1, -0.05) is 19.8 Å². The minimum absolute atomic E-state index is 0.0510. The fraction of sp³-hybridized carbons (Fsp3) is 0.917. The molecule has 2 aliphatic rings. The summed E-state index contributed by atoms with van der Waals surface area (Å²) in [6.45, 7) is 3.37. The first-order valence-corrected chi connectivity index (χ1v) is 6.21. The SMILES string of the molecule is CN(C(=O)C1(C)CCCC1)[C@@H]1CNC[C@H]1O. The highest BCUT2D eigenvalue weighted by Gasteiger charge is 2.41. The molecule has 0 aromatic carbocycles. The predicted molar refractivity (Wildman–Crippen MR) is 62.0 cm³/mol. The highest BCUT2D eigenvalue weighted by Crippen LogP contribution is 2.39. The fourth-order valence-corrected chi connectivity index (χ4v) is 2.99. The molecule has 0 aromatic heterocycles. The molecule has 0 bridgehead atoms. The lowest BCUT2D eigenvalue weighted by Gasteiger charge is -2.33. The van der Waals surface area contributed by atoms with Gasteiger partial charge in [0, 0.05) is 25.6 Å². The van der Waals surface area contributed by atoms with E-state index in [4.69, 9.17) is 0 Å². The van der Waals surface area contributed by atoms with Crippen LogP contribution in [-0.2, 0) is 4.79 Å². The molecule has 1 saturated heterocycles. The van der Waals surface area contributed by atoms with Crippen molar-refractivity contribution in [2.75, 3.05) is 20.1 Å². The molecule has 2 fully saturated rings. The van der Waals surface area contributed by atoms with Gasteiger partial charge in [-0.05, 0) is 12.8 Å². The Morgan fingerprint density at radius 3 is 2.50 bits per heavy atom. The molecule has 1 saturated carbocycles. The second-order valence-corrected chi connectivity index (χ2v) is 5.48. The van der Waals surface area contributed by atoms with E-state index in [2.05, 4.69) is 12.2 Å². The molecule has 0 radical (unpaired) electrons. The van der Waals surface area contributed by atoms with Crippen LogP contribution in [0.2, 0.25) is 0 Å². The van der Waals surface area contributed by atoms with Crippen molar-refractivity contribution in [1.82, 2.24) is 10.2 Å². The Morgan fingerprint density at radius 2 is 2.00 bits per heavy atom. The lowest BCUT2D eigenvalue weighted by molar-refractivity contribution is -0.143. The number of β-amino-alcohol motifs (C(OH)–C–C–N with tert-alkyl or cyclic N) is 1. The number of likely N-dealkylation sites (N-methyl/N-ethyl adjacent to an activating group) is 1. The van der Waals surface area contributed by atoms with E-state index >= 15 is 0 Å². The molecule has 4 heteroatoms. The Hall–Kier alpha value is -0.610. The molecule has 1 aliphatic heterocycles. The monoisotopic (exact) mass is 226 g/mol. The average molecular weight is 226 g/mol. The van der Waals surface area contributed by atoms with Crippen molar-refractivity contribution in [2.45, 2.75) is 44.8 Å². The first-order valence-electron chi connectivity index (χ1n) is 6.21. The minimum Gasteiger partial charge on any atom is -0.390 e. The summed E-state index contributed by atoms with van der Waals surface area (Å²) < 4.78 is 0. The Labute approximate surface area is 97.0 Å². The molecule has 2 atom stereocenters. The lowest BCUT2D eigenvalue weighted by Crippen LogP contribution is -2.49. The molecule has 16 heavy (non-hydrogen) atoms. The van der Waals surface area contributed by atoms with Gasteiger partial charge in [-0.15, -0.1) is 0 Å². The van der Waals surface area contributed by atoms with E-state index in [1.54, 1.807) is 4.90 Å². The number of carbonyl (C=O) groups is 1. The number of nitrogens with zero attached hydrogens (tertiary/aromatic N) is 1. The van der Waals surface area contributed by atoms with Crippen molar-refractivity contribution in [3.8, 4) is 0 Å². The zero-order valence-corrected chi connectivity index (χ0v) is 10.2. The number of hydrogen-bond donors (Lipinski definition) is 2. The summed E-state index contributed by atoms with van der Waals surface area (Å²) in [5, 5.41) is 12.9. The first kappa shape index (κ1) is 11.9. The van der Waals surface area contributed by atoms with Crippen molar-refractivity contribution in [2.24, 2.45) is 5.41 Å². The van der Waals surface area contributed by atoms with Crippen molar-refractivity contribution in [1.29, 1.82) is 0 Å². The Morgan fingerprint density at radius 1 is 1.38 bits per heavy atom. The van der Waals surface area contributed by atoms with E-state index in [-0.39, 0.29) is 17.4 Å². The van der Waals surface area contributed by atoms with Crippen LogP contribution >= 0.6 is 0 Å². The van der Waals surface area contributed by atoms with Crippen LogP contribution in [0.1, 0.15) is 32.6 Å². The number of nitrogens with one attached hydrogen (secondary N) is 1. The van der Waals surface area contributed by atoms with E-state index in [9.17, 15) is 9.90 Å². The normalized spacial score (nSPS) is 32.9. The van der Waals surface area contributed by atoms with Crippen LogP contribution in [0.15, 0.2) is 0 Å². The molecule has 0 aromatic rings.